The summed E-state index contributed by atoms with van der Waals surface area (Å²) in [5, 5.41) is 41.0. The molecule has 0 aliphatic carbocycles. The summed E-state index contributed by atoms with van der Waals surface area (Å²) in [6, 6.07) is 0. The molecule has 0 aromatic heterocycles. The van der Waals surface area contributed by atoms with Gasteiger partial charge in [0.2, 0.25) is 0 Å². The van der Waals surface area contributed by atoms with E-state index in [1.807, 2.05) is 0 Å². The molecule has 0 saturated carbocycles. The number of rotatable bonds is 2. The van der Waals surface area contributed by atoms with Crippen molar-refractivity contribution in [2.24, 2.45) is 0 Å². The third-order valence-corrected chi connectivity index (χ3v) is 2.43. The molecule has 0 radical (unpaired) electrons. The summed E-state index contributed by atoms with van der Waals surface area (Å²) >= 11 is 0. The van der Waals surface area contributed by atoms with Crippen molar-refractivity contribution in [1.82, 2.24) is 0 Å². The van der Waals surface area contributed by atoms with Gasteiger partial charge < -0.3 is 30.1 Å². The van der Waals surface area contributed by atoms with Gasteiger partial charge in [-0.3, -0.25) is 17.5 Å². The Hall–Kier alpha value is 0.252. The van der Waals surface area contributed by atoms with Crippen molar-refractivity contribution in [3.05, 3.63) is 0 Å². The summed E-state index contributed by atoms with van der Waals surface area (Å²) in [5.74, 6) is 0. The van der Waals surface area contributed by atoms with E-state index >= 15 is 0 Å². The fraction of sp³-hybridized carbons (Fsp3) is 1.00. The van der Waals surface area contributed by atoms with Gasteiger partial charge in [0.15, 0.2) is 0 Å². The van der Waals surface area contributed by atoms with E-state index in [0.717, 1.165) is 0 Å². The fourth-order valence-electron chi connectivity index (χ4n) is 0.211. The molecule has 0 aromatic rings. The Morgan fingerprint density at radius 2 is 1.05 bits per heavy atom. The molecule has 0 heterocycles. The summed E-state index contributed by atoms with van der Waals surface area (Å²) in [4.78, 5) is 0. The fourth-order valence-corrected chi connectivity index (χ4v) is 0.632. The third-order valence-electron chi connectivity index (χ3n) is 1.08. The molecule has 0 aliphatic heterocycles. The Labute approximate surface area is 133 Å². The van der Waals surface area contributed by atoms with E-state index in [2.05, 4.69) is 0 Å². The second-order valence-electron chi connectivity index (χ2n) is 2.67. The van der Waals surface area contributed by atoms with Crippen molar-refractivity contribution in [1.29, 1.82) is 0 Å². The van der Waals surface area contributed by atoms with Gasteiger partial charge in [0, 0.05) is 0 Å². The second-order valence-corrected chi connectivity index (χ2v) is 4.50. The first kappa shape index (κ1) is 33.0. The Morgan fingerprint density at radius 1 is 0.905 bits per heavy atom. The topological polar surface area (TPSA) is 176 Å². The molecule has 21 heavy (non-hydrogen) atoms. The van der Waals surface area contributed by atoms with Crippen LogP contribution in [-0.4, -0.2) is 89.4 Å². The van der Waals surface area contributed by atoms with Gasteiger partial charge in [-0.1, -0.05) is 6.92 Å². The summed E-state index contributed by atoms with van der Waals surface area (Å²) in [7, 11) is -11.8. The van der Waals surface area contributed by atoms with Crippen molar-refractivity contribution < 1.29 is 56.1 Å². The third kappa shape index (κ3) is 99.1. The maximum atomic E-state index is 10.1. The summed E-state index contributed by atoms with van der Waals surface area (Å²) in [5.41, 5.74) is 0. The van der Waals surface area contributed by atoms with Gasteiger partial charge in [0.25, 0.3) is 10.1 Å². The second kappa shape index (κ2) is 20.3. The molecule has 0 bridgehead atoms. The molecular weight excluding hydrogens is 320 g/mol. The van der Waals surface area contributed by atoms with Crippen LogP contribution >= 0.6 is 0 Å². The molecule has 0 rings (SSSR count). The molecule has 0 saturated heterocycles. The average molecular weight is 338 g/mol. The summed E-state index contributed by atoms with van der Waals surface area (Å²) in [6.07, 6.45) is 0.457. The van der Waals surface area contributed by atoms with Crippen LogP contribution in [0, 0.1) is 0 Å². The first-order valence-electron chi connectivity index (χ1n) is 4.65. The molecule has 124 valence electrons. The minimum absolute atomic E-state index is 0. The van der Waals surface area contributed by atoms with Crippen LogP contribution < -0.4 is 0 Å². The molecule has 0 amide bonds. The quantitative estimate of drug-likeness (QED) is 0.202. The Morgan fingerprint density at radius 3 is 1.05 bits per heavy atom. The van der Waals surface area contributed by atoms with E-state index in [9.17, 15) is 21.4 Å². The summed E-state index contributed by atoms with van der Waals surface area (Å²) < 4.78 is 58.8. The molecule has 1 unspecified atom stereocenters. The van der Waals surface area contributed by atoms with E-state index in [4.69, 9.17) is 34.7 Å². The Bertz CT molecular complexity index is 261. The molecule has 7 N–H and O–H groups in total. The zero-order valence-electron chi connectivity index (χ0n) is 10.5. The van der Waals surface area contributed by atoms with Crippen molar-refractivity contribution in [2.45, 2.75) is 25.5 Å². The van der Waals surface area contributed by atoms with Crippen LogP contribution in [0.5, 0.6) is 0 Å². The van der Waals surface area contributed by atoms with Crippen LogP contribution in [0.25, 0.3) is 0 Å². The monoisotopic (exact) mass is 338 g/mol. The first-order valence-corrected chi connectivity index (χ1v) is 6.15. The van der Waals surface area contributed by atoms with Gasteiger partial charge in [0.05, 0.1) is 5.25 Å². The van der Waals surface area contributed by atoms with Gasteiger partial charge in [-0.15, -0.1) is 0 Å². The molecule has 0 spiro atoms. The number of hydrogen-bond acceptors (Lipinski definition) is 8. The van der Waals surface area contributed by atoms with Gasteiger partial charge in [-0.05, 0) is 13.3 Å². The zero-order valence-corrected chi connectivity index (χ0v) is 11.3. The van der Waals surface area contributed by atoms with E-state index < -0.39 is 37.6 Å². The molecule has 1 atom stereocenters. The SMILES string of the molecule is CCC(C)S(=O)(=O)O.OB(O)F.OB(O)F.OB(O)F.[LiH]. The molecule has 17 heteroatoms. The predicted molar refractivity (Wildman–Crippen MR) is 72.3 cm³/mol. The van der Waals surface area contributed by atoms with E-state index in [-0.39, 0.29) is 18.9 Å². The number of hydrogen-bond donors (Lipinski definition) is 7. The van der Waals surface area contributed by atoms with Crippen molar-refractivity contribution in [2.75, 3.05) is 0 Å². The van der Waals surface area contributed by atoms with Crippen LogP contribution in [0.4, 0.5) is 12.9 Å². The van der Waals surface area contributed by atoms with Crippen LogP contribution in [-0.2, 0) is 10.1 Å². The van der Waals surface area contributed by atoms with Gasteiger partial charge in [0.1, 0.15) is 0 Å². The Kier molecular flexibility index (Phi) is 31.8. The molecule has 0 aromatic carbocycles. The minimum atomic E-state index is -3.75. The van der Waals surface area contributed by atoms with Gasteiger partial charge in [-0.2, -0.15) is 8.42 Å². The molecular formula is C4H17B3F3LiO9S. The van der Waals surface area contributed by atoms with Crippen LogP contribution in [0.3, 0.4) is 0 Å². The predicted octanol–water partition coefficient (Wildman–Crippen LogP) is -3.20. The molecule has 0 fully saturated rings. The molecule has 0 aliphatic rings. The summed E-state index contributed by atoms with van der Waals surface area (Å²) in [6.45, 7) is 3.17. The zero-order chi connectivity index (χ0) is 17.5. The Balaban J connectivity index is -0.0000000570. The van der Waals surface area contributed by atoms with Crippen molar-refractivity contribution in [3.8, 4) is 0 Å². The first-order chi connectivity index (χ1) is 8.68. The van der Waals surface area contributed by atoms with Crippen LogP contribution in [0.1, 0.15) is 20.3 Å². The van der Waals surface area contributed by atoms with Crippen LogP contribution in [0.2, 0.25) is 0 Å². The van der Waals surface area contributed by atoms with E-state index in [1.54, 1.807) is 6.92 Å². The van der Waals surface area contributed by atoms with E-state index in [1.165, 1.54) is 6.92 Å². The normalized spacial score (nSPS) is 9.90. The van der Waals surface area contributed by atoms with E-state index in [0.29, 0.717) is 6.42 Å². The standard InChI is InChI=1S/C4H10O3S.3BFH2O2.Li.H/c1-3-4(2)8(5,6)7;3*2-1(3)4;;/h4H,3H2,1-2H3,(H,5,6,7);3*3-4H;;. The van der Waals surface area contributed by atoms with Gasteiger partial charge >= 0.3 is 41.0 Å². The van der Waals surface area contributed by atoms with Crippen molar-refractivity contribution in [3.63, 3.8) is 0 Å². The van der Waals surface area contributed by atoms with Crippen LogP contribution in [0.15, 0.2) is 0 Å². The number of halogens is 3. The molecule has 9 nitrogen and oxygen atoms in total. The van der Waals surface area contributed by atoms with Gasteiger partial charge in [-0.25, -0.2) is 0 Å². The maximum absolute atomic E-state index is 10.1. The average Bonchev–Trinajstić information content (AvgIpc) is 2.12. The van der Waals surface area contributed by atoms with Crippen molar-refractivity contribution >= 4 is 51.2 Å².